The van der Waals surface area contributed by atoms with Crippen molar-refractivity contribution in [1.29, 1.82) is 0 Å². The molecule has 11 heteroatoms. The Labute approximate surface area is 203 Å². The Morgan fingerprint density at radius 1 is 1.27 bits per heavy atom. The second-order valence-electron chi connectivity index (χ2n) is 7.92. The lowest BCUT2D eigenvalue weighted by molar-refractivity contribution is -0.713. The lowest BCUT2D eigenvalue weighted by Crippen LogP contribution is -2.35. The normalized spacial score (nSPS) is 20.3. The van der Waals surface area contributed by atoms with Gasteiger partial charge in [-0.15, -0.1) is 10.1 Å². The van der Waals surface area contributed by atoms with Gasteiger partial charge in [-0.2, -0.15) is 0 Å². The molecule has 3 rings (SSSR count). The number of unbranched alkanes of at least 4 members (excludes halogenated alkanes) is 5. The molecule has 33 heavy (non-hydrogen) atoms. The van der Waals surface area contributed by atoms with E-state index < -0.39 is 10.9 Å². The molecule has 2 heterocycles. The van der Waals surface area contributed by atoms with Crippen molar-refractivity contribution in [2.75, 3.05) is 19.8 Å². The maximum absolute atomic E-state index is 10.8. The number of imidazole rings is 1. The summed E-state index contributed by atoms with van der Waals surface area (Å²) in [6.07, 6.45) is 9.73. The molecule has 1 aromatic carbocycles. The van der Waals surface area contributed by atoms with E-state index in [9.17, 15) is 10.1 Å². The average Bonchev–Trinajstić information content (AvgIpc) is 3.37. The van der Waals surface area contributed by atoms with Gasteiger partial charge in [-0.3, -0.25) is 0 Å². The van der Waals surface area contributed by atoms with Crippen molar-refractivity contribution in [3.63, 3.8) is 0 Å². The third kappa shape index (κ3) is 7.28. The summed E-state index contributed by atoms with van der Waals surface area (Å²) in [6.45, 7) is 3.53. The monoisotopic (exact) mass is 501 g/mol. The van der Waals surface area contributed by atoms with Crippen LogP contribution in [0.15, 0.2) is 30.6 Å². The van der Waals surface area contributed by atoms with Crippen LogP contribution < -0.4 is 4.84 Å². The first kappa shape index (κ1) is 25.7. The number of benzene rings is 1. The van der Waals surface area contributed by atoms with E-state index in [0.29, 0.717) is 28.8 Å². The lowest BCUT2D eigenvalue weighted by Gasteiger charge is -2.30. The highest BCUT2D eigenvalue weighted by molar-refractivity contribution is 6.35. The first-order valence-electron chi connectivity index (χ1n) is 11.1. The third-order valence-electron chi connectivity index (χ3n) is 5.36. The van der Waals surface area contributed by atoms with Gasteiger partial charge in [0.05, 0.1) is 24.8 Å². The van der Waals surface area contributed by atoms with Crippen LogP contribution in [0.1, 0.15) is 51.0 Å². The van der Waals surface area contributed by atoms with Gasteiger partial charge >= 0.3 is 5.09 Å². The highest BCUT2D eigenvalue weighted by Crippen LogP contribution is 2.41. The van der Waals surface area contributed by atoms with E-state index in [2.05, 4.69) is 16.7 Å². The first-order chi connectivity index (χ1) is 15.9. The molecule has 1 saturated heterocycles. The van der Waals surface area contributed by atoms with Crippen molar-refractivity contribution in [1.82, 2.24) is 9.55 Å². The van der Waals surface area contributed by atoms with Crippen molar-refractivity contribution in [3.05, 3.63) is 56.3 Å². The van der Waals surface area contributed by atoms with Gasteiger partial charge in [0.1, 0.15) is 6.10 Å². The highest BCUT2D eigenvalue weighted by atomic mass is 35.5. The number of nitrogens with zero attached hydrogens (tertiary/aromatic N) is 3. The van der Waals surface area contributed by atoms with E-state index in [1.165, 1.54) is 36.4 Å². The molecule has 1 aliphatic rings. The Hall–Kier alpha value is -1.91. The predicted molar refractivity (Wildman–Crippen MR) is 123 cm³/mol. The second kappa shape index (κ2) is 12.5. The van der Waals surface area contributed by atoms with Gasteiger partial charge in [-0.1, -0.05) is 68.3 Å². The molecule has 2 aromatic rings. The molecule has 2 unspecified atom stereocenters. The Balaban J connectivity index is 1.66. The van der Waals surface area contributed by atoms with Crippen molar-refractivity contribution in [2.24, 2.45) is 0 Å². The molecule has 2 atom stereocenters. The summed E-state index contributed by atoms with van der Waals surface area (Å²) in [5.41, 5.74) is 0.549. The summed E-state index contributed by atoms with van der Waals surface area (Å²) in [5, 5.41) is 10.7. The zero-order valence-electron chi connectivity index (χ0n) is 18.6. The van der Waals surface area contributed by atoms with E-state index in [1.54, 1.807) is 24.4 Å². The summed E-state index contributed by atoms with van der Waals surface area (Å²) < 4.78 is 19.7. The van der Waals surface area contributed by atoms with Crippen molar-refractivity contribution < 1.29 is 24.1 Å². The van der Waals surface area contributed by atoms with E-state index in [1.807, 2.05) is 0 Å². The molecule has 0 spiro atoms. The van der Waals surface area contributed by atoms with Crippen LogP contribution in [0.4, 0.5) is 0 Å². The van der Waals surface area contributed by atoms with Crippen LogP contribution in [0, 0.1) is 10.1 Å². The van der Waals surface area contributed by atoms with E-state index in [0.717, 1.165) is 12.8 Å². The Bertz CT molecular complexity index is 912. The van der Waals surface area contributed by atoms with Gasteiger partial charge < -0.3 is 18.8 Å². The standard InChI is InChI=1S/C22H29Cl2N3O6/c1-2-3-4-5-6-7-12-30-14-18-15-31-22(32-18,19-9-8-17(23)13-20(19)24)16-26-11-10-25-21(26)33-27(28)29/h8-11,13,18H,2-7,12,14-16H2,1H3. The van der Waals surface area contributed by atoms with E-state index >= 15 is 0 Å². The highest BCUT2D eigenvalue weighted by Gasteiger charge is 2.45. The van der Waals surface area contributed by atoms with Crippen LogP contribution in [0.5, 0.6) is 6.01 Å². The largest absolute Gasteiger partial charge is 0.379 e. The Morgan fingerprint density at radius 3 is 2.82 bits per heavy atom. The number of hydrogen-bond acceptors (Lipinski definition) is 7. The van der Waals surface area contributed by atoms with Crippen molar-refractivity contribution >= 4 is 23.2 Å². The maximum atomic E-state index is 10.8. The van der Waals surface area contributed by atoms with Crippen molar-refractivity contribution in [2.45, 2.75) is 63.9 Å². The number of aromatic nitrogens is 2. The molecule has 1 aliphatic heterocycles. The molecular weight excluding hydrogens is 473 g/mol. The molecule has 182 valence electrons. The summed E-state index contributed by atoms with van der Waals surface area (Å²) in [6, 6.07) is 4.80. The predicted octanol–water partition coefficient (Wildman–Crippen LogP) is 5.41. The Morgan fingerprint density at radius 2 is 2.06 bits per heavy atom. The SMILES string of the molecule is CCCCCCCCOCC1COC(Cn2ccnc2O[N+](=O)[O-])(c2ccc(Cl)cc2Cl)O1. The van der Waals surface area contributed by atoms with Gasteiger partial charge in [-0.05, 0) is 18.6 Å². The molecule has 0 radical (unpaired) electrons. The van der Waals surface area contributed by atoms with E-state index in [4.69, 9.17) is 37.4 Å². The Kier molecular flexibility index (Phi) is 9.76. The zero-order chi connectivity index (χ0) is 23.7. The van der Waals surface area contributed by atoms with Gasteiger partial charge in [-0.25, -0.2) is 9.82 Å². The molecule has 0 N–H and O–H groups in total. The zero-order valence-corrected chi connectivity index (χ0v) is 20.1. The minimum atomic E-state index is -1.31. The van der Waals surface area contributed by atoms with E-state index in [-0.39, 0.29) is 25.3 Å². The first-order valence-corrected chi connectivity index (χ1v) is 11.9. The topological polar surface area (TPSA) is 97.9 Å². The molecule has 0 aliphatic carbocycles. The molecule has 0 bridgehead atoms. The molecule has 1 fully saturated rings. The molecule has 0 amide bonds. The number of halogens is 2. The van der Waals surface area contributed by atoms with Crippen molar-refractivity contribution in [3.8, 4) is 6.01 Å². The second-order valence-corrected chi connectivity index (χ2v) is 8.77. The fraction of sp³-hybridized carbons (Fsp3) is 0.591. The van der Waals surface area contributed by atoms with Gasteiger partial charge in [0.2, 0.25) is 5.79 Å². The fourth-order valence-electron chi connectivity index (χ4n) is 3.76. The maximum Gasteiger partial charge on any atom is 0.302 e. The number of hydrogen-bond donors (Lipinski definition) is 0. The minimum Gasteiger partial charge on any atom is -0.379 e. The van der Waals surface area contributed by atoms with Crippen LogP contribution >= 0.6 is 23.2 Å². The summed E-state index contributed by atoms with van der Waals surface area (Å²) >= 11 is 12.5. The third-order valence-corrected chi connectivity index (χ3v) is 5.91. The molecule has 9 nitrogen and oxygen atoms in total. The quantitative estimate of drug-likeness (QED) is 0.194. The summed E-state index contributed by atoms with van der Waals surface area (Å²) in [4.78, 5) is 19.3. The van der Waals surface area contributed by atoms with Gasteiger partial charge in [0.25, 0.3) is 6.01 Å². The lowest BCUT2D eigenvalue weighted by atomic mass is 10.1. The average molecular weight is 502 g/mol. The van der Waals surface area contributed by atoms with Crippen LogP contribution in [0.25, 0.3) is 0 Å². The number of ether oxygens (including phenoxy) is 3. The van der Waals surface area contributed by atoms with Gasteiger partial charge in [0, 0.05) is 29.6 Å². The fourth-order valence-corrected chi connectivity index (χ4v) is 4.31. The van der Waals surface area contributed by atoms with Crippen LogP contribution in [-0.4, -0.2) is 40.6 Å². The molecule has 1 aromatic heterocycles. The molecule has 0 saturated carbocycles. The smallest absolute Gasteiger partial charge is 0.302 e. The number of rotatable bonds is 14. The van der Waals surface area contributed by atoms with Crippen LogP contribution in [0.3, 0.4) is 0 Å². The van der Waals surface area contributed by atoms with Gasteiger partial charge in [0.15, 0.2) is 0 Å². The van der Waals surface area contributed by atoms with Crippen LogP contribution in [-0.2, 0) is 26.5 Å². The minimum absolute atomic E-state index is 0.0332. The molecular formula is C22H29Cl2N3O6. The summed E-state index contributed by atoms with van der Waals surface area (Å²) in [5.74, 6) is -1.31. The van der Waals surface area contributed by atoms with Crippen LogP contribution in [0.2, 0.25) is 10.0 Å². The summed E-state index contributed by atoms with van der Waals surface area (Å²) in [7, 11) is 0.